The molecule has 0 aliphatic carbocycles. The summed E-state index contributed by atoms with van der Waals surface area (Å²) in [4.78, 5) is 13.3. The van der Waals surface area contributed by atoms with Crippen LogP contribution in [0.25, 0.3) is 11.0 Å². The van der Waals surface area contributed by atoms with E-state index in [0.717, 1.165) is 14.8 Å². The molecule has 0 amide bonds. The molecule has 0 bridgehead atoms. The van der Waals surface area contributed by atoms with Gasteiger partial charge in [-0.25, -0.2) is 0 Å². The van der Waals surface area contributed by atoms with Crippen molar-refractivity contribution in [1.29, 1.82) is 0 Å². The molecule has 0 saturated carbocycles. The second-order valence-electron chi connectivity index (χ2n) is 4.44. The van der Waals surface area contributed by atoms with Gasteiger partial charge in [0.25, 0.3) is 0 Å². The molecule has 0 spiro atoms. The summed E-state index contributed by atoms with van der Waals surface area (Å²) in [5, 5.41) is 1.47. The number of halogens is 2. The van der Waals surface area contributed by atoms with Crippen molar-refractivity contribution in [2.75, 3.05) is 5.75 Å². The summed E-state index contributed by atoms with van der Waals surface area (Å²) in [5.41, 5.74) is 0.675. The second kappa shape index (κ2) is 6.26. The minimum atomic E-state index is -0.0388. The Kier molecular flexibility index (Phi) is 4.38. The molecule has 0 saturated heterocycles. The second-order valence-corrected chi connectivity index (χ2v) is 6.74. The van der Waals surface area contributed by atoms with Crippen LogP contribution in [0.2, 0.25) is 5.02 Å². The van der Waals surface area contributed by atoms with Crippen LogP contribution < -0.4 is 0 Å². The maximum Gasteiger partial charge on any atom is 0.208 e. The number of benzene rings is 2. The van der Waals surface area contributed by atoms with E-state index in [1.165, 1.54) is 11.8 Å². The minimum absolute atomic E-state index is 0.0388. The maximum atomic E-state index is 12.2. The smallest absolute Gasteiger partial charge is 0.208 e. The predicted octanol–water partition coefficient (Wildman–Crippen LogP) is 5.82. The number of thioether (sulfide) groups is 1. The average molecular weight is 382 g/mol. The zero-order valence-corrected chi connectivity index (χ0v) is 14.0. The highest BCUT2D eigenvalue weighted by molar-refractivity contribution is 9.10. The lowest BCUT2D eigenvalue weighted by molar-refractivity contribution is 0.0994. The van der Waals surface area contributed by atoms with Gasteiger partial charge < -0.3 is 4.42 Å². The van der Waals surface area contributed by atoms with E-state index in [1.807, 2.05) is 24.3 Å². The molecular formula is C16H10BrClO2S. The Balaban J connectivity index is 1.76. The quantitative estimate of drug-likeness (QED) is 0.421. The van der Waals surface area contributed by atoms with Crippen LogP contribution in [0.15, 0.2) is 62.3 Å². The van der Waals surface area contributed by atoms with Gasteiger partial charge in [0, 0.05) is 19.8 Å². The summed E-state index contributed by atoms with van der Waals surface area (Å²) in [6.45, 7) is 0. The van der Waals surface area contributed by atoms with Crippen molar-refractivity contribution in [3.05, 3.63) is 63.8 Å². The zero-order chi connectivity index (χ0) is 14.8. The molecule has 2 nitrogen and oxygen atoms in total. The molecule has 0 unspecified atom stereocenters. The number of rotatable bonds is 4. The van der Waals surface area contributed by atoms with E-state index in [0.29, 0.717) is 22.1 Å². The van der Waals surface area contributed by atoms with E-state index in [1.54, 1.807) is 24.3 Å². The van der Waals surface area contributed by atoms with Crippen molar-refractivity contribution in [2.45, 2.75) is 4.90 Å². The third-order valence-electron chi connectivity index (χ3n) is 2.95. The molecule has 106 valence electrons. The highest BCUT2D eigenvalue weighted by Gasteiger charge is 2.13. The van der Waals surface area contributed by atoms with Gasteiger partial charge in [-0.05, 0) is 52.3 Å². The van der Waals surface area contributed by atoms with Gasteiger partial charge in [-0.2, -0.15) is 0 Å². The van der Waals surface area contributed by atoms with Gasteiger partial charge in [-0.3, -0.25) is 4.79 Å². The first kappa shape index (κ1) is 14.7. The van der Waals surface area contributed by atoms with Crippen LogP contribution in [0.4, 0.5) is 0 Å². The van der Waals surface area contributed by atoms with Crippen molar-refractivity contribution in [2.24, 2.45) is 0 Å². The lowest BCUT2D eigenvalue weighted by Gasteiger charge is -2.01. The predicted molar refractivity (Wildman–Crippen MR) is 90.4 cm³/mol. The van der Waals surface area contributed by atoms with Crippen LogP contribution in [0.5, 0.6) is 0 Å². The Labute approximate surface area is 139 Å². The first-order chi connectivity index (χ1) is 10.1. The summed E-state index contributed by atoms with van der Waals surface area (Å²) in [6.07, 6.45) is 0. The average Bonchev–Trinajstić information content (AvgIpc) is 2.89. The summed E-state index contributed by atoms with van der Waals surface area (Å²) >= 11 is 10.9. The first-order valence-corrected chi connectivity index (χ1v) is 8.39. The molecule has 21 heavy (non-hydrogen) atoms. The minimum Gasteiger partial charge on any atom is -0.453 e. The topological polar surface area (TPSA) is 30.2 Å². The Morgan fingerprint density at radius 2 is 2.00 bits per heavy atom. The SMILES string of the molecule is O=C(CSc1ccccc1Br)c1cc2cc(Cl)ccc2o1. The number of fused-ring (bicyclic) bond motifs is 1. The van der Waals surface area contributed by atoms with Crippen molar-refractivity contribution in [3.63, 3.8) is 0 Å². The number of ketones is 1. The monoisotopic (exact) mass is 380 g/mol. The third kappa shape index (κ3) is 3.34. The van der Waals surface area contributed by atoms with Gasteiger partial charge >= 0.3 is 0 Å². The highest BCUT2D eigenvalue weighted by Crippen LogP contribution is 2.29. The molecule has 0 aliphatic rings. The molecule has 1 heterocycles. The Morgan fingerprint density at radius 1 is 1.19 bits per heavy atom. The van der Waals surface area contributed by atoms with E-state index >= 15 is 0 Å². The molecule has 3 aromatic rings. The molecule has 0 atom stereocenters. The fourth-order valence-corrected chi connectivity index (χ4v) is 3.55. The maximum absolute atomic E-state index is 12.2. The van der Waals surface area contributed by atoms with Crippen molar-refractivity contribution >= 4 is 56.0 Å². The van der Waals surface area contributed by atoms with Crippen LogP contribution in [-0.4, -0.2) is 11.5 Å². The van der Waals surface area contributed by atoms with Crippen molar-refractivity contribution in [3.8, 4) is 0 Å². The summed E-state index contributed by atoms with van der Waals surface area (Å²) in [5.74, 6) is 0.658. The number of hydrogen-bond donors (Lipinski definition) is 0. The Bertz CT molecular complexity index is 813. The van der Waals surface area contributed by atoms with Gasteiger partial charge in [-0.1, -0.05) is 23.7 Å². The normalized spacial score (nSPS) is 11.0. The third-order valence-corrected chi connectivity index (χ3v) is 5.21. The van der Waals surface area contributed by atoms with Crippen LogP contribution in [0.3, 0.4) is 0 Å². The van der Waals surface area contributed by atoms with Crippen molar-refractivity contribution in [1.82, 2.24) is 0 Å². The molecule has 3 rings (SSSR count). The van der Waals surface area contributed by atoms with Gasteiger partial charge in [0.1, 0.15) is 5.58 Å². The van der Waals surface area contributed by atoms with Gasteiger partial charge in [0.15, 0.2) is 5.76 Å². The molecule has 0 radical (unpaired) electrons. The molecule has 0 N–H and O–H groups in total. The number of hydrogen-bond acceptors (Lipinski definition) is 3. The van der Waals surface area contributed by atoms with Gasteiger partial charge in [-0.15, -0.1) is 11.8 Å². The van der Waals surface area contributed by atoms with E-state index in [2.05, 4.69) is 15.9 Å². The van der Waals surface area contributed by atoms with Gasteiger partial charge in [0.05, 0.1) is 5.75 Å². The number of furan rings is 1. The molecule has 0 fully saturated rings. The standard InChI is InChI=1S/C16H10BrClO2S/c17-12-3-1-2-4-16(12)21-9-13(19)15-8-10-7-11(18)5-6-14(10)20-15/h1-8H,9H2. The lowest BCUT2D eigenvalue weighted by atomic mass is 10.2. The fourth-order valence-electron chi connectivity index (χ4n) is 1.93. The fraction of sp³-hybridized carbons (Fsp3) is 0.0625. The highest BCUT2D eigenvalue weighted by atomic mass is 79.9. The van der Waals surface area contributed by atoms with Crippen LogP contribution >= 0.6 is 39.3 Å². The van der Waals surface area contributed by atoms with E-state index < -0.39 is 0 Å². The molecular weight excluding hydrogens is 372 g/mol. The van der Waals surface area contributed by atoms with Crippen LogP contribution in [0.1, 0.15) is 10.6 Å². The Hall–Kier alpha value is -1.23. The van der Waals surface area contributed by atoms with Crippen molar-refractivity contribution < 1.29 is 9.21 Å². The summed E-state index contributed by atoms with van der Waals surface area (Å²) in [6, 6.07) is 14.9. The summed E-state index contributed by atoms with van der Waals surface area (Å²) in [7, 11) is 0. The number of carbonyl (C=O) groups is 1. The number of carbonyl (C=O) groups excluding carboxylic acids is 1. The largest absolute Gasteiger partial charge is 0.453 e. The lowest BCUT2D eigenvalue weighted by Crippen LogP contribution is -2.00. The molecule has 0 aliphatic heterocycles. The molecule has 5 heteroatoms. The van der Waals surface area contributed by atoms with E-state index in [9.17, 15) is 4.79 Å². The van der Waals surface area contributed by atoms with E-state index in [-0.39, 0.29) is 5.78 Å². The van der Waals surface area contributed by atoms with Gasteiger partial charge in [0.2, 0.25) is 5.78 Å². The zero-order valence-electron chi connectivity index (χ0n) is 10.8. The number of Topliss-reactive ketones (excluding diaryl/α,β-unsaturated/α-hetero) is 1. The van der Waals surface area contributed by atoms with Crippen LogP contribution in [0, 0.1) is 0 Å². The Morgan fingerprint density at radius 3 is 2.81 bits per heavy atom. The first-order valence-electron chi connectivity index (χ1n) is 6.23. The summed E-state index contributed by atoms with van der Waals surface area (Å²) < 4.78 is 6.56. The molecule has 1 aromatic heterocycles. The molecule has 2 aromatic carbocycles. The van der Waals surface area contributed by atoms with Crippen LogP contribution in [-0.2, 0) is 0 Å². The van der Waals surface area contributed by atoms with E-state index in [4.69, 9.17) is 16.0 Å².